The monoisotopic (exact) mass is 464 g/mol. The summed E-state index contributed by atoms with van der Waals surface area (Å²) < 4.78 is 10.9. The van der Waals surface area contributed by atoms with Crippen molar-refractivity contribution in [1.82, 2.24) is 10.6 Å². The number of carboxylic acids is 1. The highest BCUT2D eigenvalue weighted by atomic mass is 16.5. The number of rotatable bonds is 6. The molecule has 8 nitrogen and oxygen atoms in total. The van der Waals surface area contributed by atoms with Crippen molar-refractivity contribution >= 4 is 18.0 Å². The molecule has 178 valence electrons. The standard InChI is InChI=1S/C26H28N2O6/c29-24(27-23-14-33-12-21(23)25(30)31)19-10-5-11-22(19)28-26(32)34-13-20-17-8-3-1-6-15(17)16-7-2-4-9-18(16)20/h1-4,6-9,19-23H,5,10-14H2,(H,27,29)(H,28,32)(H,30,31)/t19-,21?,22+,23?/m1/s1. The summed E-state index contributed by atoms with van der Waals surface area (Å²) in [6.45, 7) is 0.482. The lowest BCUT2D eigenvalue weighted by Crippen LogP contribution is -2.49. The fourth-order valence-corrected chi connectivity index (χ4v) is 5.47. The van der Waals surface area contributed by atoms with Gasteiger partial charge in [0.1, 0.15) is 12.5 Å². The molecule has 0 bridgehead atoms. The second kappa shape index (κ2) is 9.46. The SMILES string of the molecule is O=C(N[C@H]1CCC[C@H]1C(=O)NC1COCC1C(=O)O)OCC1c2ccccc2-c2ccccc21. The molecule has 2 fully saturated rings. The zero-order valence-electron chi connectivity index (χ0n) is 18.7. The van der Waals surface area contributed by atoms with Crippen LogP contribution in [0, 0.1) is 11.8 Å². The summed E-state index contributed by atoms with van der Waals surface area (Å²) in [4.78, 5) is 36.9. The maximum absolute atomic E-state index is 12.9. The predicted octanol–water partition coefficient (Wildman–Crippen LogP) is 2.91. The minimum Gasteiger partial charge on any atom is -0.481 e. The van der Waals surface area contributed by atoms with E-state index >= 15 is 0 Å². The number of hydrogen-bond acceptors (Lipinski definition) is 5. The maximum atomic E-state index is 12.9. The van der Waals surface area contributed by atoms with E-state index < -0.39 is 29.9 Å². The normalized spacial score (nSPS) is 25.4. The molecular weight excluding hydrogens is 436 g/mol. The van der Waals surface area contributed by atoms with Gasteiger partial charge in [0.15, 0.2) is 0 Å². The highest BCUT2D eigenvalue weighted by Crippen LogP contribution is 2.44. The minimum atomic E-state index is -0.984. The number of nitrogens with one attached hydrogen (secondary N) is 2. The van der Waals surface area contributed by atoms with Gasteiger partial charge in [-0.15, -0.1) is 0 Å². The van der Waals surface area contributed by atoms with Gasteiger partial charge in [0.25, 0.3) is 0 Å². The third kappa shape index (κ3) is 4.25. The molecular formula is C26H28N2O6. The van der Waals surface area contributed by atoms with Gasteiger partial charge in [-0.25, -0.2) is 4.79 Å². The Morgan fingerprint density at radius 1 is 0.882 bits per heavy atom. The Morgan fingerprint density at radius 2 is 1.56 bits per heavy atom. The van der Waals surface area contributed by atoms with E-state index in [1.54, 1.807) is 0 Å². The van der Waals surface area contributed by atoms with Gasteiger partial charge >= 0.3 is 12.1 Å². The lowest BCUT2D eigenvalue weighted by molar-refractivity contribution is -0.142. The van der Waals surface area contributed by atoms with Crippen molar-refractivity contribution < 1.29 is 29.0 Å². The van der Waals surface area contributed by atoms with E-state index in [-0.39, 0.29) is 37.7 Å². The highest BCUT2D eigenvalue weighted by molar-refractivity contribution is 5.82. The van der Waals surface area contributed by atoms with Gasteiger partial charge in [0.05, 0.1) is 25.2 Å². The molecule has 34 heavy (non-hydrogen) atoms. The Kier molecular flexibility index (Phi) is 6.24. The fourth-order valence-electron chi connectivity index (χ4n) is 5.47. The van der Waals surface area contributed by atoms with Gasteiger partial charge in [0.2, 0.25) is 5.91 Å². The molecule has 0 aromatic heterocycles. The molecule has 3 N–H and O–H groups in total. The largest absolute Gasteiger partial charge is 0.481 e. The number of amides is 2. The smallest absolute Gasteiger partial charge is 0.407 e. The topological polar surface area (TPSA) is 114 Å². The van der Waals surface area contributed by atoms with Gasteiger partial charge in [-0.05, 0) is 35.1 Å². The number of benzene rings is 2. The van der Waals surface area contributed by atoms with Crippen LogP contribution >= 0.6 is 0 Å². The summed E-state index contributed by atoms with van der Waals surface area (Å²) in [7, 11) is 0. The van der Waals surface area contributed by atoms with Crippen LogP contribution in [0.1, 0.15) is 36.3 Å². The first kappa shape index (κ1) is 22.4. The molecule has 0 radical (unpaired) electrons. The first-order valence-electron chi connectivity index (χ1n) is 11.8. The molecule has 2 aromatic carbocycles. The van der Waals surface area contributed by atoms with E-state index in [0.29, 0.717) is 12.8 Å². The first-order valence-corrected chi connectivity index (χ1v) is 11.8. The van der Waals surface area contributed by atoms with Crippen molar-refractivity contribution in [3.8, 4) is 11.1 Å². The molecule has 2 amide bonds. The van der Waals surface area contributed by atoms with Gasteiger partial charge in [0, 0.05) is 12.0 Å². The fraction of sp³-hybridized carbons (Fsp3) is 0.423. The Balaban J connectivity index is 1.19. The predicted molar refractivity (Wildman–Crippen MR) is 123 cm³/mol. The lowest BCUT2D eigenvalue weighted by atomic mass is 9.98. The van der Waals surface area contributed by atoms with Crippen LogP contribution in [-0.4, -0.2) is 55.0 Å². The summed E-state index contributed by atoms with van der Waals surface area (Å²) >= 11 is 0. The van der Waals surface area contributed by atoms with Gasteiger partial charge in [-0.2, -0.15) is 0 Å². The van der Waals surface area contributed by atoms with E-state index in [1.807, 2.05) is 24.3 Å². The van der Waals surface area contributed by atoms with E-state index in [9.17, 15) is 19.5 Å². The number of ether oxygens (including phenoxy) is 2. The second-order valence-corrected chi connectivity index (χ2v) is 9.21. The van der Waals surface area contributed by atoms with Crippen LogP contribution in [0.2, 0.25) is 0 Å². The zero-order valence-corrected chi connectivity index (χ0v) is 18.7. The average Bonchev–Trinajstić information content (AvgIpc) is 3.55. The molecule has 1 saturated heterocycles. The Bertz CT molecular complexity index is 1060. The van der Waals surface area contributed by atoms with Crippen molar-refractivity contribution in [1.29, 1.82) is 0 Å². The first-order chi connectivity index (χ1) is 16.5. The quantitative estimate of drug-likeness (QED) is 0.606. The molecule has 2 aromatic rings. The molecule has 5 rings (SSSR count). The van der Waals surface area contributed by atoms with E-state index in [0.717, 1.165) is 28.7 Å². The number of alkyl carbamates (subject to hydrolysis) is 1. The van der Waals surface area contributed by atoms with Crippen molar-refractivity contribution in [3.63, 3.8) is 0 Å². The van der Waals surface area contributed by atoms with Crippen LogP contribution in [0.5, 0.6) is 0 Å². The molecule has 2 aliphatic carbocycles. The van der Waals surface area contributed by atoms with E-state index in [2.05, 4.69) is 34.9 Å². The minimum absolute atomic E-state index is 0.0313. The summed E-state index contributed by atoms with van der Waals surface area (Å²) in [5.41, 5.74) is 4.60. The van der Waals surface area contributed by atoms with Gasteiger partial charge in [-0.1, -0.05) is 55.0 Å². The van der Waals surface area contributed by atoms with Crippen LogP contribution < -0.4 is 10.6 Å². The van der Waals surface area contributed by atoms with Crippen LogP contribution in [0.4, 0.5) is 4.79 Å². The van der Waals surface area contributed by atoms with Crippen LogP contribution in [0.15, 0.2) is 48.5 Å². The van der Waals surface area contributed by atoms with Crippen LogP contribution in [0.3, 0.4) is 0 Å². The lowest BCUT2D eigenvalue weighted by Gasteiger charge is -2.23. The summed E-state index contributed by atoms with van der Waals surface area (Å²) in [5, 5.41) is 15.0. The molecule has 1 aliphatic heterocycles. The van der Waals surface area contributed by atoms with Gasteiger partial charge in [-0.3, -0.25) is 9.59 Å². The van der Waals surface area contributed by atoms with E-state index in [4.69, 9.17) is 9.47 Å². The number of aliphatic carboxylic acids is 1. The highest BCUT2D eigenvalue weighted by Gasteiger charge is 2.40. The van der Waals surface area contributed by atoms with Crippen molar-refractivity contribution in [2.75, 3.05) is 19.8 Å². The number of hydrogen-bond donors (Lipinski definition) is 3. The van der Waals surface area contributed by atoms with Crippen molar-refractivity contribution in [2.45, 2.75) is 37.3 Å². The Hall–Kier alpha value is -3.39. The van der Waals surface area contributed by atoms with E-state index in [1.165, 1.54) is 0 Å². The average molecular weight is 465 g/mol. The Morgan fingerprint density at radius 3 is 2.24 bits per heavy atom. The molecule has 8 heteroatoms. The van der Waals surface area contributed by atoms with Crippen LogP contribution in [-0.2, 0) is 19.1 Å². The van der Waals surface area contributed by atoms with Crippen LogP contribution in [0.25, 0.3) is 11.1 Å². The molecule has 4 atom stereocenters. The van der Waals surface area contributed by atoms with Gasteiger partial charge < -0.3 is 25.2 Å². The zero-order chi connectivity index (χ0) is 23.7. The van der Waals surface area contributed by atoms with Crippen molar-refractivity contribution in [2.24, 2.45) is 11.8 Å². The summed E-state index contributed by atoms with van der Waals surface area (Å²) in [5.74, 6) is -2.43. The molecule has 2 unspecified atom stereocenters. The molecule has 1 saturated carbocycles. The third-order valence-electron chi connectivity index (χ3n) is 7.23. The number of carboxylic acid groups (broad SMARTS) is 1. The number of carbonyl (C=O) groups excluding carboxylic acids is 2. The summed E-state index contributed by atoms with van der Waals surface area (Å²) in [6, 6.07) is 15.4. The number of carbonyl (C=O) groups is 3. The van der Waals surface area contributed by atoms with Crippen molar-refractivity contribution in [3.05, 3.63) is 59.7 Å². The Labute approximate surface area is 197 Å². The molecule has 0 spiro atoms. The number of fused-ring (bicyclic) bond motifs is 3. The molecule has 1 heterocycles. The molecule has 3 aliphatic rings. The third-order valence-corrected chi connectivity index (χ3v) is 7.23. The maximum Gasteiger partial charge on any atom is 0.407 e. The summed E-state index contributed by atoms with van der Waals surface area (Å²) in [6.07, 6.45) is 1.56. The second-order valence-electron chi connectivity index (χ2n) is 9.21.